The minimum Gasteiger partial charge on any atom is -0.496 e. The first-order valence-corrected chi connectivity index (χ1v) is 7.72. The average molecular weight is 289 g/mol. The topological polar surface area (TPSA) is 35.2 Å². The largest absolute Gasteiger partial charge is 0.496 e. The van der Waals surface area contributed by atoms with Crippen molar-refractivity contribution in [2.45, 2.75) is 9.96 Å². The summed E-state index contributed by atoms with van der Waals surface area (Å²) in [5.74, 6) is 7.70. The maximum Gasteiger partial charge on any atom is 0.122 e. The fourth-order valence-corrected chi connectivity index (χ4v) is 3.38. The lowest BCUT2D eigenvalue weighted by Crippen LogP contribution is -1.94. The van der Waals surface area contributed by atoms with Gasteiger partial charge in [0.15, 0.2) is 0 Å². The third-order valence-corrected chi connectivity index (χ3v) is 4.66. The molecular weight excluding hydrogens is 274 g/mol. The summed E-state index contributed by atoms with van der Waals surface area (Å²) in [6, 6.07) is 10.2. The molecule has 0 saturated heterocycles. The van der Waals surface area contributed by atoms with Gasteiger partial charge in [-0.05, 0) is 29.6 Å². The molecule has 0 amide bonds. The number of nitrogens with two attached hydrogens (primary N) is 1. The van der Waals surface area contributed by atoms with Crippen molar-refractivity contribution >= 4 is 23.1 Å². The maximum atomic E-state index is 5.39. The normalized spacial score (nSPS) is 9.79. The third kappa shape index (κ3) is 4.03. The summed E-state index contributed by atoms with van der Waals surface area (Å²) >= 11 is 3.56. The van der Waals surface area contributed by atoms with Crippen molar-refractivity contribution in [3.63, 3.8) is 0 Å². The van der Waals surface area contributed by atoms with Crippen LogP contribution < -0.4 is 10.5 Å². The molecule has 2 aromatic rings. The summed E-state index contributed by atoms with van der Waals surface area (Å²) in [6.45, 7) is 0.380. The van der Waals surface area contributed by atoms with E-state index in [9.17, 15) is 0 Å². The van der Waals surface area contributed by atoms with Crippen molar-refractivity contribution < 1.29 is 4.74 Å². The van der Waals surface area contributed by atoms with Gasteiger partial charge >= 0.3 is 0 Å². The van der Waals surface area contributed by atoms with Crippen LogP contribution in [0.15, 0.2) is 39.9 Å². The molecule has 4 heteroatoms. The van der Waals surface area contributed by atoms with Gasteiger partial charge in [0, 0.05) is 16.9 Å². The van der Waals surface area contributed by atoms with Crippen LogP contribution in [0.5, 0.6) is 5.75 Å². The van der Waals surface area contributed by atoms with Gasteiger partial charge in [0.05, 0.1) is 17.9 Å². The molecule has 0 unspecified atom stereocenters. The number of rotatable bonds is 4. The Kier molecular flexibility index (Phi) is 5.34. The van der Waals surface area contributed by atoms with E-state index in [0.717, 1.165) is 22.6 Å². The summed E-state index contributed by atoms with van der Waals surface area (Å²) in [5, 5.41) is 2.09. The van der Waals surface area contributed by atoms with Crippen molar-refractivity contribution in [1.29, 1.82) is 0 Å². The number of methoxy groups -OCH3 is 1. The molecule has 1 heterocycles. The Morgan fingerprint density at radius 3 is 2.95 bits per heavy atom. The quantitative estimate of drug-likeness (QED) is 0.692. The van der Waals surface area contributed by atoms with E-state index >= 15 is 0 Å². The second kappa shape index (κ2) is 7.25. The van der Waals surface area contributed by atoms with Gasteiger partial charge < -0.3 is 10.5 Å². The number of hydrogen-bond acceptors (Lipinski definition) is 4. The Bertz CT molecular complexity index is 582. The van der Waals surface area contributed by atoms with Gasteiger partial charge in [-0.3, -0.25) is 0 Å². The molecule has 19 heavy (non-hydrogen) atoms. The standard InChI is InChI=1S/C15H15NOS2/c1-17-14-7-6-12(4-2-8-16)10-13(14)11-19-15-5-3-9-18-15/h3,5-7,9-10H,8,11,16H2,1H3. The maximum absolute atomic E-state index is 5.39. The molecule has 2 rings (SSSR count). The van der Waals surface area contributed by atoms with Crippen molar-refractivity contribution in [3.8, 4) is 17.6 Å². The monoisotopic (exact) mass is 289 g/mol. The summed E-state index contributed by atoms with van der Waals surface area (Å²) in [6.07, 6.45) is 0. The fourth-order valence-electron chi connectivity index (χ4n) is 1.62. The minimum atomic E-state index is 0.380. The zero-order valence-corrected chi connectivity index (χ0v) is 12.3. The first-order valence-electron chi connectivity index (χ1n) is 5.85. The molecule has 0 spiro atoms. The fraction of sp³-hybridized carbons (Fsp3) is 0.200. The molecule has 2 N–H and O–H groups in total. The molecule has 1 aromatic heterocycles. The Labute approximate surface area is 122 Å². The van der Waals surface area contributed by atoms with Crippen LogP contribution in [0.2, 0.25) is 0 Å². The zero-order valence-electron chi connectivity index (χ0n) is 10.7. The molecule has 0 saturated carbocycles. The second-order valence-corrected chi connectivity index (χ2v) is 5.98. The lowest BCUT2D eigenvalue weighted by Gasteiger charge is -2.08. The lowest BCUT2D eigenvalue weighted by atomic mass is 10.1. The lowest BCUT2D eigenvalue weighted by molar-refractivity contribution is 0.411. The van der Waals surface area contributed by atoms with Gasteiger partial charge in [0.1, 0.15) is 5.75 Å². The zero-order chi connectivity index (χ0) is 13.5. The van der Waals surface area contributed by atoms with E-state index in [4.69, 9.17) is 10.5 Å². The number of ether oxygens (including phenoxy) is 1. The number of thiophene rings is 1. The Hall–Kier alpha value is -1.41. The van der Waals surface area contributed by atoms with Crippen molar-refractivity contribution in [3.05, 3.63) is 46.8 Å². The SMILES string of the molecule is COc1ccc(C#CCN)cc1CSc1cccs1. The van der Waals surface area contributed by atoms with Gasteiger partial charge in [-0.1, -0.05) is 17.9 Å². The second-order valence-electron chi connectivity index (χ2n) is 3.75. The van der Waals surface area contributed by atoms with E-state index < -0.39 is 0 Å². The molecule has 0 radical (unpaired) electrons. The van der Waals surface area contributed by atoms with E-state index in [0.29, 0.717) is 6.54 Å². The molecule has 0 aliphatic carbocycles. The Morgan fingerprint density at radius 2 is 2.26 bits per heavy atom. The molecule has 1 aromatic carbocycles. The van der Waals surface area contributed by atoms with Crippen LogP contribution in [0.4, 0.5) is 0 Å². The highest BCUT2D eigenvalue weighted by Crippen LogP contribution is 2.31. The Morgan fingerprint density at radius 1 is 1.37 bits per heavy atom. The van der Waals surface area contributed by atoms with Gasteiger partial charge in [0.2, 0.25) is 0 Å². The van der Waals surface area contributed by atoms with Crippen molar-refractivity contribution in [2.24, 2.45) is 5.73 Å². The van der Waals surface area contributed by atoms with E-state index in [1.807, 2.05) is 23.9 Å². The van der Waals surface area contributed by atoms with E-state index in [1.54, 1.807) is 18.4 Å². The molecule has 2 nitrogen and oxygen atoms in total. The molecule has 0 fully saturated rings. The van der Waals surface area contributed by atoms with Gasteiger partial charge in [-0.2, -0.15) is 0 Å². The predicted octanol–water partition coefficient (Wildman–Crippen LogP) is 3.36. The van der Waals surface area contributed by atoms with Crippen LogP contribution in [-0.2, 0) is 5.75 Å². The Balaban J connectivity index is 2.16. The average Bonchev–Trinajstić information content (AvgIpc) is 2.96. The highest BCUT2D eigenvalue weighted by Gasteiger charge is 2.05. The summed E-state index contributed by atoms with van der Waals surface area (Å²) in [5.41, 5.74) is 7.53. The highest BCUT2D eigenvalue weighted by molar-refractivity contribution is 8.00. The van der Waals surface area contributed by atoms with E-state index in [-0.39, 0.29) is 0 Å². The minimum absolute atomic E-state index is 0.380. The van der Waals surface area contributed by atoms with Crippen LogP contribution >= 0.6 is 23.1 Å². The molecular formula is C15H15NOS2. The van der Waals surface area contributed by atoms with Crippen LogP contribution in [0.25, 0.3) is 0 Å². The number of benzene rings is 1. The number of hydrogen-bond donors (Lipinski definition) is 1. The molecule has 0 atom stereocenters. The summed E-state index contributed by atoms with van der Waals surface area (Å²) < 4.78 is 6.70. The summed E-state index contributed by atoms with van der Waals surface area (Å²) in [7, 11) is 1.69. The van der Waals surface area contributed by atoms with Gasteiger partial charge in [0.25, 0.3) is 0 Å². The van der Waals surface area contributed by atoms with E-state index in [1.165, 1.54) is 4.21 Å². The highest BCUT2D eigenvalue weighted by atomic mass is 32.2. The van der Waals surface area contributed by atoms with Crippen molar-refractivity contribution in [2.75, 3.05) is 13.7 Å². The molecule has 98 valence electrons. The molecule has 0 bridgehead atoms. The predicted molar refractivity (Wildman–Crippen MR) is 82.8 cm³/mol. The van der Waals surface area contributed by atoms with Crippen LogP contribution in [0, 0.1) is 11.8 Å². The molecule has 0 aliphatic rings. The van der Waals surface area contributed by atoms with E-state index in [2.05, 4.69) is 35.4 Å². The number of thioether (sulfide) groups is 1. The summed E-state index contributed by atoms with van der Waals surface area (Å²) in [4.78, 5) is 0. The molecule has 0 aliphatic heterocycles. The van der Waals surface area contributed by atoms with Crippen LogP contribution in [0.3, 0.4) is 0 Å². The first-order chi connectivity index (χ1) is 9.33. The van der Waals surface area contributed by atoms with Crippen LogP contribution in [0.1, 0.15) is 11.1 Å². The third-order valence-electron chi connectivity index (χ3n) is 2.48. The van der Waals surface area contributed by atoms with Gasteiger partial charge in [-0.25, -0.2) is 0 Å². The first kappa shape index (κ1) is 14.0. The van der Waals surface area contributed by atoms with Crippen molar-refractivity contribution in [1.82, 2.24) is 0 Å². The smallest absolute Gasteiger partial charge is 0.122 e. The van der Waals surface area contributed by atoms with Gasteiger partial charge in [-0.15, -0.1) is 23.1 Å². The van der Waals surface area contributed by atoms with Crippen LogP contribution in [-0.4, -0.2) is 13.7 Å².